The summed E-state index contributed by atoms with van der Waals surface area (Å²) in [6.07, 6.45) is 4.75. The van der Waals surface area contributed by atoms with Crippen LogP contribution < -0.4 is 21.1 Å². The van der Waals surface area contributed by atoms with Gasteiger partial charge in [-0.05, 0) is 67.6 Å². The summed E-state index contributed by atoms with van der Waals surface area (Å²) >= 11 is 0. The molecule has 3 aromatic rings. The van der Waals surface area contributed by atoms with Crippen LogP contribution in [0.25, 0.3) is 0 Å². The van der Waals surface area contributed by atoms with Crippen LogP contribution in [0.5, 0.6) is 5.75 Å². The van der Waals surface area contributed by atoms with Gasteiger partial charge in [-0.1, -0.05) is 18.6 Å². The highest BCUT2D eigenvalue weighted by molar-refractivity contribution is 5.96. The van der Waals surface area contributed by atoms with Gasteiger partial charge in [0.1, 0.15) is 11.6 Å². The highest BCUT2D eigenvalue weighted by atomic mass is 19.1. The third-order valence-corrected chi connectivity index (χ3v) is 6.73. The fraction of sp³-hybridized carbons (Fsp3) is 0.360. The van der Waals surface area contributed by atoms with Crippen molar-refractivity contribution in [3.63, 3.8) is 0 Å². The van der Waals surface area contributed by atoms with Crippen LogP contribution in [0.15, 0.2) is 30.3 Å². The summed E-state index contributed by atoms with van der Waals surface area (Å²) in [5.41, 5.74) is 9.30. The number of benzene rings is 2. The Morgan fingerprint density at radius 3 is 2.83 bits per heavy atom. The summed E-state index contributed by atoms with van der Waals surface area (Å²) in [7, 11) is 1.62. The summed E-state index contributed by atoms with van der Waals surface area (Å²) < 4.78 is 20.1. The normalized spacial score (nSPS) is 17.3. The van der Waals surface area contributed by atoms with Gasteiger partial charge in [0.15, 0.2) is 11.5 Å². The SMILES string of the molecule is COc1cc2c(cc1Nc1nnc(C(N)=O)c(Nc3c(C)cccc3F)n1)CN1CCCCC1C2. The number of para-hydroxylation sites is 1. The number of carbonyl (C=O) groups is 1. The molecule has 2 aromatic carbocycles. The van der Waals surface area contributed by atoms with Gasteiger partial charge < -0.3 is 21.1 Å². The second-order valence-electron chi connectivity index (χ2n) is 9.02. The van der Waals surface area contributed by atoms with Crippen LogP contribution in [0.3, 0.4) is 0 Å². The van der Waals surface area contributed by atoms with Gasteiger partial charge in [-0.25, -0.2) is 4.39 Å². The minimum atomic E-state index is -0.824. The van der Waals surface area contributed by atoms with E-state index in [1.165, 1.54) is 36.5 Å². The number of methoxy groups -OCH3 is 1. The number of aromatic nitrogens is 3. The smallest absolute Gasteiger partial charge is 0.273 e. The van der Waals surface area contributed by atoms with E-state index in [2.05, 4.69) is 42.8 Å². The van der Waals surface area contributed by atoms with Crippen molar-refractivity contribution in [3.05, 3.63) is 58.5 Å². The topological polar surface area (TPSA) is 118 Å². The Kier molecular flexibility index (Phi) is 6.21. The zero-order chi connectivity index (χ0) is 24.5. The van der Waals surface area contributed by atoms with Crippen LogP contribution in [0.2, 0.25) is 0 Å². The van der Waals surface area contributed by atoms with Crippen molar-refractivity contribution in [3.8, 4) is 5.75 Å². The number of hydrogen-bond donors (Lipinski definition) is 3. The third-order valence-electron chi connectivity index (χ3n) is 6.73. The summed E-state index contributed by atoms with van der Waals surface area (Å²) in [5.74, 6) is -0.515. The average molecular weight is 478 g/mol. The number of nitrogens with one attached hydrogen (secondary N) is 2. The molecule has 5 rings (SSSR count). The first-order valence-electron chi connectivity index (χ1n) is 11.7. The monoisotopic (exact) mass is 477 g/mol. The lowest BCUT2D eigenvalue weighted by atomic mass is 9.88. The number of hydrogen-bond acceptors (Lipinski definition) is 8. The molecule has 2 aliphatic heterocycles. The molecule has 1 aromatic heterocycles. The number of nitrogens with two attached hydrogens (primary N) is 1. The van der Waals surface area contributed by atoms with Gasteiger partial charge in [-0.15, -0.1) is 10.2 Å². The maximum atomic E-state index is 14.4. The van der Waals surface area contributed by atoms with Crippen molar-refractivity contribution in [2.45, 2.75) is 45.2 Å². The predicted molar refractivity (Wildman–Crippen MR) is 131 cm³/mol. The Hall–Kier alpha value is -3.79. The number of piperidine rings is 1. The molecular formula is C25H28FN7O2. The number of fused-ring (bicyclic) bond motifs is 2. The maximum Gasteiger partial charge on any atom is 0.273 e. The van der Waals surface area contributed by atoms with Gasteiger partial charge in [0, 0.05) is 12.6 Å². The molecule has 10 heteroatoms. The molecule has 1 unspecified atom stereocenters. The largest absolute Gasteiger partial charge is 0.495 e. The number of aryl methyl sites for hydroxylation is 1. The van der Waals surface area contributed by atoms with Crippen LogP contribution in [0.1, 0.15) is 46.4 Å². The molecule has 3 heterocycles. The first-order chi connectivity index (χ1) is 16.9. The number of amides is 1. The molecule has 0 spiro atoms. The lowest BCUT2D eigenvalue weighted by Gasteiger charge is -2.40. The number of rotatable bonds is 6. The summed E-state index contributed by atoms with van der Waals surface area (Å²) in [6, 6.07) is 9.37. The first-order valence-corrected chi connectivity index (χ1v) is 11.7. The second-order valence-corrected chi connectivity index (χ2v) is 9.02. The van der Waals surface area contributed by atoms with Gasteiger partial charge in [-0.3, -0.25) is 9.69 Å². The summed E-state index contributed by atoms with van der Waals surface area (Å²) in [6.45, 7) is 3.75. The molecule has 182 valence electrons. The molecular weight excluding hydrogens is 449 g/mol. The van der Waals surface area contributed by atoms with Crippen molar-refractivity contribution < 1.29 is 13.9 Å². The lowest BCUT2D eigenvalue weighted by Crippen LogP contribution is -2.43. The predicted octanol–water partition coefficient (Wildman–Crippen LogP) is 3.82. The number of halogens is 1. The molecule has 0 saturated carbocycles. The summed E-state index contributed by atoms with van der Waals surface area (Å²) in [5, 5.41) is 14.0. The number of carbonyl (C=O) groups excluding carboxylic acids is 1. The minimum absolute atomic E-state index is 0.0104. The molecule has 0 radical (unpaired) electrons. The van der Waals surface area contributed by atoms with E-state index in [1.807, 2.05) is 0 Å². The molecule has 0 bridgehead atoms. The Balaban J connectivity index is 1.47. The van der Waals surface area contributed by atoms with Gasteiger partial charge >= 0.3 is 0 Å². The van der Waals surface area contributed by atoms with E-state index >= 15 is 0 Å². The van der Waals surface area contributed by atoms with Crippen LogP contribution in [0, 0.1) is 12.7 Å². The van der Waals surface area contributed by atoms with E-state index in [-0.39, 0.29) is 23.1 Å². The van der Waals surface area contributed by atoms with Crippen LogP contribution in [0.4, 0.5) is 27.5 Å². The van der Waals surface area contributed by atoms with Crippen molar-refractivity contribution >= 4 is 29.0 Å². The number of primary amides is 1. The molecule has 1 amide bonds. The van der Waals surface area contributed by atoms with Crippen LogP contribution in [-0.2, 0) is 13.0 Å². The van der Waals surface area contributed by atoms with E-state index in [9.17, 15) is 9.18 Å². The van der Waals surface area contributed by atoms with E-state index in [0.717, 1.165) is 19.5 Å². The first kappa shape index (κ1) is 23.0. The highest BCUT2D eigenvalue weighted by Crippen LogP contribution is 2.36. The molecule has 2 aliphatic rings. The standard InChI is InChI=1S/C25H28FN7O2/c1-14-6-5-8-18(26)21(14)29-24-22(23(27)34)31-32-25(30-24)28-19-11-16-13-33-9-4-3-7-17(33)10-15(16)12-20(19)35-2/h5-6,8,11-12,17H,3-4,7,9-10,13H2,1-2H3,(H2,27,34)(H2,28,29,30,32). The van der Waals surface area contributed by atoms with E-state index < -0.39 is 11.7 Å². The molecule has 35 heavy (non-hydrogen) atoms. The van der Waals surface area contributed by atoms with E-state index in [1.54, 1.807) is 26.2 Å². The van der Waals surface area contributed by atoms with Crippen molar-refractivity contribution in [2.24, 2.45) is 5.73 Å². The van der Waals surface area contributed by atoms with Gasteiger partial charge in [0.2, 0.25) is 5.95 Å². The lowest BCUT2D eigenvalue weighted by molar-refractivity contribution is 0.0995. The van der Waals surface area contributed by atoms with Gasteiger partial charge in [0.05, 0.1) is 18.5 Å². The third kappa shape index (κ3) is 4.61. The molecule has 1 atom stereocenters. The molecule has 9 nitrogen and oxygen atoms in total. The molecule has 4 N–H and O–H groups in total. The van der Waals surface area contributed by atoms with Crippen LogP contribution >= 0.6 is 0 Å². The minimum Gasteiger partial charge on any atom is -0.495 e. The number of nitrogens with zero attached hydrogens (tertiary/aromatic N) is 4. The van der Waals surface area contributed by atoms with Crippen molar-refractivity contribution in [1.82, 2.24) is 20.1 Å². The molecule has 0 aliphatic carbocycles. The van der Waals surface area contributed by atoms with Gasteiger partial charge in [0.25, 0.3) is 5.91 Å². The van der Waals surface area contributed by atoms with E-state index in [0.29, 0.717) is 23.0 Å². The second kappa shape index (κ2) is 9.46. The van der Waals surface area contributed by atoms with E-state index in [4.69, 9.17) is 10.5 Å². The summed E-state index contributed by atoms with van der Waals surface area (Å²) in [4.78, 5) is 18.9. The average Bonchev–Trinajstić information content (AvgIpc) is 2.84. The Morgan fingerprint density at radius 1 is 1.20 bits per heavy atom. The fourth-order valence-corrected chi connectivity index (χ4v) is 4.90. The van der Waals surface area contributed by atoms with Crippen molar-refractivity contribution in [2.75, 3.05) is 24.3 Å². The molecule has 1 fully saturated rings. The Bertz CT molecular complexity index is 1260. The highest BCUT2D eigenvalue weighted by Gasteiger charge is 2.29. The zero-order valence-corrected chi connectivity index (χ0v) is 19.8. The van der Waals surface area contributed by atoms with Crippen molar-refractivity contribution in [1.29, 1.82) is 0 Å². The fourth-order valence-electron chi connectivity index (χ4n) is 4.90. The zero-order valence-electron chi connectivity index (χ0n) is 19.8. The maximum absolute atomic E-state index is 14.4. The quantitative estimate of drug-likeness (QED) is 0.490. The number of anilines is 4. The van der Waals surface area contributed by atoms with Gasteiger partial charge in [-0.2, -0.15) is 4.98 Å². The Morgan fingerprint density at radius 2 is 2.06 bits per heavy atom. The Labute approximate surface area is 202 Å². The van der Waals surface area contributed by atoms with Crippen LogP contribution in [-0.4, -0.2) is 45.7 Å². The number of ether oxygens (including phenoxy) is 1. The molecule has 1 saturated heterocycles.